The maximum Gasteiger partial charge on any atom is 0.229 e. The van der Waals surface area contributed by atoms with E-state index in [-0.39, 0.29) is 11.8 Å². The number of carbonyl (C=O) groups excluding carboxylic acids is 1. The smallest absolute Gasteiger partial charge is 0.229 e. The molecular formula is C21H21ClN6O3S. The number of nitrogens with zero attached hydrogens (tertiary/aromatic N) is 4. The van der Waals surface area contributed by atoms with E-state index >= 15 is 0 Å². The Morgan fingerprint density at radius 2 is 2.19 bits per heavy atom. The van der Waals surface area contributed by atoms with Crippen molar-refractivity contribution in [2.45, 2.75) is 31.6 Å². The van der Waals surface area contributed by atoms with E-state index in [9.17, 15) is 15.0 Å². The first-order valence-corrected chi connectivity index (χ1v) is 11.4. The monoisotopic (exact) mass is 472 g/mol. The molecule has 9 nitrogen and oxygen atoms in total. The largest absolute Gasteiger partial charge is 0.389 e. The molecule has 0 radical (unpaired) electrons. The quantitative estimate of drug-likeness (QED) is 0.423. The first kappa shape index (κ1) is 21.2. The third-order valence-corrected chi connectivity index (χ3v) is 7.43. The summed E-state index contributed by atoms with van der Waals surface area (Å²) in [5.74, 6) is 6.34. The fraction of sp³-hybridized carbons (Fsp3) is 0.429. The van der Waals surface area contributed by atoms with E-state index in [0.717, 1.165) is 4.88 Å². The number of hydrogen-bond donors (Lipinski definition) is 4. The first-order chi connectivity index (χ1) is 15.4. The van der Waals surface area contributed by atoms with Gasteiger partial charge in [0.2, 0.25) is 11.7 Å². The van der Waals surface area contributed by atoms with Crippen molar-refractivity contribution >= 4 is 45.8 Å². The molecule has 0 bridgehead atoms. The highest BCUT2D eigenvalue weighted by Crippen LogP contribution is 2.67. The lowest BCUT2D eigenvalue weighted by Gasteiger charge is -2.23. The number of fused-ring (bicyclic) bond motifs is 2. The average molecular weight is 473 g/mol. The van der Waals surface area contributed by atoms with Gasteiger partial charge in [-0.25, -0.2) is 15.0 Å². The highest BCUT2D eigenvalue weighted by Gasteiger charge is 2.75. The summed E-state index contributed by atoms with van der Waals surface area (Å²) in [6.45, 7) is 2.57. The Balaban J connectivity index is 1.59. The van der Waals surface area contributed by atoms with E-state index in [0.29, 0.717) is 40.1 Å². The molecule has 4 N–H and O–H groups in total. The van der Waals surface area contributed by atoms with Crippen LogP contribution in [0.4, 0.5) is 5.82 Å². The molecule has 2 fully saturated rings. The molecular weight excluding hydrogens is 452 g/mol. The SMILES string of the molecule is CCNc1nc(C#Cc2ccc(Cl)s2)nc2c1ncn2[C@H]1[C@H](O)[C@H](O)[C@]2(C(=O)NC)C[C@H]12. The van der Waals surface area contributed by atoms with Crippen molar-refractivity contribution in [3.05, 3.63) is 33.5 Å². The lowest BCUT2D eigenvalue weighted by atomic mass is 9.98. The summed E-state index contributed by atoms with van der Waals surface area (Å²) in [5.41, 5.74) is 0.0465. The number of anilines is 1. The number of aromatic nitrogens is 4. The molecule has 1 amide bonds. The maximum absolute atomic E-state index is 12.5. The number of halogens is 1. The van der Waals surface area contributed by atoms with Crippen molar-refractivity contribution in [3.63, 3.8) is 0 Å². The van der Waals surface area contributed by atoms with Crippen LogP contribution in [0.15, 0.2) is 18.5 Å². The van der Waals surface area contributed by atoms with Crippen LogP contribution in [0.2, 0.25) is 4.34 Å². The molecule has 3 aromatic heterocycles. The molecule has 0 aromatic carbocycles. The maximum atomic E-state index is 12.5. The Morgan fingerprint density at radius 1 is 1.38 bits per heavy atom. The van der Waals surface area contributed by atoms with Gasteiger partial charge in [0.25, 0.3) is 0 Å². The lowest BCUT2D eigenvalue weighted by Crippen LogP contribution is -2.41. The second kappa shape index (κ2) is 7.71. The average Bonchev–Trinajstić information content (AvgIpc) is 3.03. The summed E-state index contributed by atoms with van der Waals surface area (Å²) >= 11 is 7.34. The molecule has 3 heterocycles. The normalized spacial score (nSPS) is 28.2. The van der Waals surface area contributed by atoms with Gasteiger partial charge >= 0.3 is 0 Å². The molecule has 11 heteroatoms. The van der Waals surface area contributed by atoms with Crippen molar-refractivity contribution in [1.82, 2.24) is 24.8 Å². The van der Waals surface area contributed by atoms with Crippen LogP contribution in [0.25, 0.3) is 11.2 Å². The zero-order chi connectivity index (χ0) is 22.6. The van der Waals surface area contributed by atoms with Crippen LogP contribution in [-0.4, -0.2) is 61.4 Å². The van der Waals surface area contributed by atoms with Gasteiger partial charge in [-0.1, -0.05) is 11.6 Å². The number of amides is 1. The van der Waals surface area contributed by atoms with Gasteiger partial charge in [0, 0.05) is 19.5 Å². The van der Waals surface area contributed by atoms with Gasteiger partial charge in [-0.2, -0.15) is 0 Å². The number of thiophene rings is 1. The van der Waals surface area contributed by atoms with Crippen LogP contribution in [0.3, 0.4) is 0 Å². The number of rotatable bonds is 4. The summed E-state index contributed by atoms with van der Waals surface area (Å²) < 4.78 is 2.39. The molecule has 32 heavy (non-hydrogen) atoms. The predicted molar refractivity (Wildman–Crippen MR) is 120 cm³/mol. The third-order valence-electron chi connectivity index (χ3n) is 6.28. The molecule has 2 aliphatic rings. The fourth-order valence-electron chi connectivity index (χ4n) is 4.77. The molecule has 3 aromatic rings. The number of aliphatic hydroxyl groups excluding tert-OH is 2. The van der Waals surface area contributed by atoms with Gasteiger partial charge in [0.05, 0.1) is 33.1 Å². The van der Waals surface area contributed by atoms with E-state index in [1.54, 1.807) is 17.0 Å². The molecule has 5 rings (SSSR count). The second-order valence-corrected chi connectivity index (χ2v) is 9.68. The Labute approximate surface area is 192 Å². The van der Waals surface area contributed by atoms with E-state index in [4.69, 9.17) is 11.6 Å². The third kappa shape index (κ3) is 3.08. The number of aliphatic hydroxyl groups is 2. The van der Waals surface area contributed by atoms with Crippen LogP contribution in [-0.2, 0) is 4.79 Å². The van der Waals surface area contributed by atoms with Crippen molar-refractivity contribution in [2.75, 3.05) is 18.9 Å². The Kier molecular flexibility index (Phi) is 5.09. The number of imidazole rings is 1. The van der Waals surface area contributed by atoms with Gasteiger partial charge in [0.1, 0.15) is 6.10 Å². The topological polar surface area (TPSA) is 125 Å². The summed E-state index contributed by atoms with van der Waals surface area (Å²) in [4.78, 5) is 26.8. The molecule has 5 atom stereocenters. The summed E-state index contributed by atoms with van der Waals surface area (Å²) in [6, 6.07) is 3.07. The van der Waals surface area contributed by atoms with Crippen molar-refractivity contribution in [1.29, 1.82) is 0 Å². The molecule has 2 aliphatic carbocycles. The van der Waals surface area contributed by atoms with Gasteiger partial charge in [-0.05, 0) is 37.3 Å². The zero-order valence-electron chi connectivity index (χ0n) is 17.3. The predicted octanol–water partition coefficient (Wildman–Crippen LogP) is 1.40. The molecule has 0 spiro atoms. The number of nitrogens with one attached hydrogen (secondary N) is 2. The summed E-state index contributed by atoms with van der Waals surface area (Å²) in [7, 11) is 1.53. The van der Waals surface area contributed by atoms with Crippen LogP contribution in [0.1, 0.15) is 30.1 Å². The number of hydrogen-bond acceptors (Lipinski definition) is 8. The lowest BCUT2D eigenvalue weighted by molar-refractivity contribution is -0.132. The minimum Gasteiger partial charge on any atom is -0.389 e. The van der Waals surface area contributed by atoms with E-state index in [2.05, 4.69) is 37.4 Å². The van der Waals surface area contributed by atoms with Crippen molar-refractivity contribution < 1.29 is 15.0 Å². The van der Waals surface area contributed by atoms with E-state index < -0.39 is 23.7 Å². The molecule has 2 saturated carbocycles. The van der Waals surface area contributed by atoms with Gasteiger partial charge in [-0.15, -0.1) is 11.3 Å². The van der Waals surface area contributed by atoms with Crippen molar-refractivity contribution in [3.8, 4) is 11.8 Å². The minimum absolute atomic E-state index is 0.217. The van der Waals surface area contributed by atoms with Crippen LogP contribution in [0, 0.1) is 23.2 Å². The van der Waals surface area contributed by atoms with Gasteiger partial charge < -0.3 is 25.4 Å². The Morgan fingerprint density at radius 3 is 2.88 bits per heavy atom. The first-order valence-electron chi connectivity index (χ1n) is 10.2. The fourth-order valence-corrected chi connectivity index (χ4v) is 5.66. The molecule has 0 aliphatic heterocycles. The molecule has 0 unspecified atom stereocenters. The van der Waals surface area contributed by atoms with Gasteiger partial charge in [0.15, 0.2) is 17.0 Å². The molecule has 0 saturated heterocycles. The summed E-state index contributed by atoms with van der Waals surface area (Å²) in [5, 5.41) is 27.3. The van der Waals surface area contributed by atoms with Crippen LogP contribution in [0.5, 0.6) is 0 Å². The Bertz CT molecular complexity index is 1280. The Hall–Kier alpha value is -2.71. The second-order valence-electron chi connectivity index (χ2n) is 7.96. The van der Waals surface area contributed by atoms with Gasteiger partial charge in [-0.3, -0.25) is 4.79 Å². The standard InChI is InChI=1S/C21H21ClN6O3S/c1-3-24-18-14-19(27-13(26-18)7-5-10-4-6-12(22)32-10)28(9-25-14)15-11-8-21(11,20(31)23-2)17(30)16(15)29/h4,6,9,11,15-17,29-30H,3,8H2,1-2H3,(H,23,31)(H,24,26,27)/t11-,15-,16+,17+,21+/m1/s1. The highest BCUT2D eigenvalue weighted by molar-refractivity contribution is 7.16. The zero-order valence-corrected chi connectivity index (χ0v) is 18.9. The highest BCUT2D eigenvalue weighted by atomic mass is 35.5. The van der Waals surface area contributed by atoms with E-state index in [1.807, 2.05) is 13.0 Å². The summed E-state index contributed by atoms with van der Waals surface area (Å²) in [6.07, 6.45) is -0.210. The molecule has 166 valence electrons. The van der Waals surface area contributed by atoms with Crippen LogP contribution >= 0.6 is 22.9 Å². The van der Waals surface area contributed by atoms with Crippen molar-refractivity contribution in [2.24, 2.45) is 11.3 Å². The minimum atomic E-state index is -1.16. The van der Waals surface area contributed by atoms with E-state index in [1.165, 1.54) is 18.4 Å². The van der Waals surface area contributed by atoms with Crippen LogP contribution < -0.4 is 10.6 Å². The number of carbonyl (C=O) groups is 1.